The van der Waals surface area contributed by atoms with Gasteiger partial charge >= 0.3 is 86.7 Å². The first-order valence-electron chi connectivity index (χ1n) is 46.4. The summed E-state index contributed by atoms with van der Waals surface area (Å²) in [4.78, 5) is 103. The number of rotatable bonds is 84. The molecule has 0 radical (unpaired) electrons. The van der Waals surface area contributed by atoms with E-state index in [0.29, 0.717) is 51.4 Å². The van der Waals surface area contributed by atoms with E-state index in [0.717, 1.165) is 167 Å². The van der Waals surface area contributed by atoms with E-state index < -0.39 is 120 Å². The Labute approximate surface area is 767 Å². The molecule has 4 amide bonds. The standard InChI is InChI=1S/C89H168N4O22P2.2Na.2H/c1-9-15-21-27-31-35-39-45-51-57-79(112-83(98)59-53-47-41-37-33-29-23-17-11-3)69-81(96)92-75(71-106-65-61-77(94)55-49-43-25-19-13-5)73-110-116(102,103)108-67-63-90-87(100)85-86(115-89(7,8)114-85)88(101)91-64-68-109-117(104,105)111-74-76(72-107-66-62-78(95)56-50-44-26-20-14-6)93-82(97)70-80(58-52-46-40-36-32-28-22-16-10-2)113-84(99)60-54-48-42-38-34-30-24-18-12-4;;;;/h37-38,41-42,75-80,85-86,94-95H,9-36,39-40,43-74H2,1-8H3,(H,90,100)(H,91,101)(H,92,96)(H,93,97)(H,102,103)(H,104,105);;;;/q;2*+1;2*-1/b41-37+,42-38+;;;;/t75?,76?,77-,78-,79-,80-,85?,86?;;;;/m1..../s1. The molecule has 1 fully saturated rings. The molecule has 0 aliphatic carbocycles. The second-order valence-electron chi connectivity index (χ2n) is 32.5. The van der Waals surface area contributed by atoms with Crippen LogP contribution in [0.15, 0.2) is 24.3 Å². The number of aliphatic hydroxyl groups excluding tert-OH is 2. The Bertz CT molecular complexity index is 2490. The quantitative estimate of drug-likeness (QED) is 0.00922. The van der Waals surface area contributed by atoms with E-state index >= 15 is 0 Å². The van der Waals surface area contributed by atoms with Gasteiger partial charge in [-0.05, 0) is 117 Å². The van der Waals surface area contributed by atoms with E-state index in [1.807, 2.05) is 0 Å². The van der Waals surface area contributed by atoms with Gasteiger partial charge in [0.2, 0.25) is 11.8 Å². The van der Waals surface area contributed by atoms with Crippen molar-refractivity contribution < 1.29 is 166 Å². The van der Waals surface area contributed by atoms with Crippen molar-refractivity contribution in [2.45, 2.75) is 444 Å². The molecule has 119 heavy (non-hydrogen) atoms. The van der Waals surface area contributed by atoms with Crippen LogP contribution in [0.5, 0.6) is 0 Å². The van der Waals surface area contributed by atoms with Crippen molar-refractivity contribution in [3.63, 3.8) is 0 Å². The van der Waals surface area contributed by atoms with Crippen molar-refractivity contribution in [2.75, 3.05) is 65.9 Å². The van der Waals surface area contributed by atoms with Crippen molar-refractivity contribution in [3.05, 3.63) is 24.3 Å². The summed E-state index contributed by atoms with van der Waals surface area (Å²) < 4.78 is 83.5. The van der Waals surface area contributed by atoms with E-state index in [1.165, 1.54) is 104 Å². The van der Waals surface area contributed by atoms with Crippen LogP contribution in [0.2, 0.25) is 0 Å². The first kappa shape index (κ1) is 119. The Morgan fingerprint density at radius 3 is 0.992 bits per heavy atom. The number of carbonyl (C=O) groups excluding carboxylic acids is 6. The minimum atomic E-state index is -4.88. The monoisotopic (exact) mass is 1760 g/mol. The second-order valence-corrected chi connectivity index (χ2v) is 35.4. The molecule has 690 valence electrons. The molecule has 10 atom stereocenters. The van der Waals surface area contributed by atoms with Crippen LogP contribution in [-0.2, 0) is 84.4 Å². The summed E-state index contributed by atoms with van der Waals surface area (Å²) in [7, 11) is -9.77. The van der Waals surface area contributed by atoms with Gasteiger partial charge in [0.25, 0.3) is 11.8 Å². The fourth-order valence-electron chi connectivity index (χ4n) is 13.7. The topological polar surface area (TPSA) is 358 Å². The summed E-state index contributed by atoms with van der Waals surface area (Å²) in [5, 5.41) is 32.1. The van der Waals surface area contributed by atoms with E-state index in [1.54, 1.807) is 0 Å². The Morgan fingerprint density at radius 2 is 0.672 bits per heavy atom. The minimum absolute atomic E-state index is 0. The normalized spacial score (nSPS) is 16.5. The van der Waals surface area contributed by atoms with Gasteiger partial charge in [-0.15, -0.1) is 0 Å². The third-order valence-corrected chi connectivity index (χ3v) is 22.6. The summed E-state index contributed by atoms with van der Waals surface area (Å²) in [5.74, 6) is -4.88. The van der Waals surface area contributed by atoms with Crippen molar-refractivity contribution >= 4 is 51.2 Å². The number of phosphoric acid groups is 2. The van der Waals surface area contributed by atoms with Gasteiger partial charge in [0.05, 0.1) is 76.8 Å². The van der Waals surface area contributed by atoms with Crippen LogP contribution in [0.1, 0.15) is 392 Å². The largest absolute Gasteiger partial charge is 1.00 e. The number of carbonyl (C=O) groups is 6. The van der Waals surface area contributed by atoms with Crippen LogP contribution in [-0.4, -0.2) is 176 Å². The SMILES string of the molecule is CCCCCC/C=C/CCCC(=O)O[C@H](CCCCCCCCCCC)CC(=O)NC(COCC[C@H](O)CCCCCCC)COP(=O)(O)OCCNC(=O)C1OC(C)(C)OC1C(=O)NCCOP(=O)(O)OCC(COCC[C@H](O)CCCCCCC)NC(=O)C[C@@H](CCCCCCCCCCC)OC(=O)CCC/C=C/CCCCCC.[H-].[H-].[Na+].[Na+]. The van der Waals surface area contributed by atoms with Crippen LogP contribution in [0.25, 0.3) is 0 Å². The van der Waals surface area contributed by atoms with E-state index in [-0.39, 0.29) is 139 Å². The van der Waals surface area contributed by atoms with Crippen molar-refractivity contribution in [1.29, 1.82) is 0 Å². The molecule has 0 aromatic carbocycles. The zero-order valence-corrected chi connectivity index (χ0v) is 82.1. The zero-order chi connectivity index (χ0) is 86.2. The van der Waals surface area contributed by atoms with Crippen LogP contribution in [0.3, 0.4) is 0 Å². The maximum Gasteiger partial charge on any atom is 1.00 e. The number of allylic oxidation sites excluding steroid dienone is 4. The average Bonchev–Trinajstić information content (AvgIpc) is 1.66. The van der Waals surface area contributed by atoms with Crippen LogP contribution in [0, 0.1) is 0 Å². The molecule has 1 aliphatic rings. The number of esters is 2. The van der Waals surface area contributed by atoms with Gasteiger partial charge in [0, 0.05) is 39.1 Å². The van der Waals surface area contributed by atoms with Gasteiger partial charge < -0.3 is 72.5 Å². The van der Waals surface area contributed by atoms with Gasteiger partial charge in [-0.25, -0.2) is 9.13 Å². The number of unbranched alkanes of at least 4 members (excludes halogenated alkanes) is 34. The van der Waals surface area contributed by atoms with Crippen LogP contribution >= 0.6 is 15.6 Å². The van der Waals surface area contributed by atoms with Gasteiger partial charge in [-0.3, -0.25) is 46.9 Å². The van der Waals surface area contributed by atoms with Gasteiger partial charge in [0.1, 0.15) is 12.2 Å². The van der Waals surface area contributed by atoms with Gasteiger partial charge in [0.15, 0.2) is 18.0 Å². The van der Waals surface area contributed by atoms with E-state index in [2.05, 4.69) is 87.1 Å². The fourth-order valence-corrected chi connectivity index (χ4v) is 15.2. The summed E-state index contributed by atoms with van der Waals surface area (Å²) >= 11 is 0. The molecule has 26 nitrogen and oxygen atoms in total. The van der Waals surface area contributed by atoms with Crippen molar-refractivity contribution in [2.24, 2.45) is 0 Å². The molecular weight excluding hydrogens is 1580 g/mol. The Kier molecular flexibility index (Phi) is 81.0. The third kappa shape index (κ3) is 73.0. The number of amides is 4. The number of aliphatic hydroxyl groups is 2. The summed E-state index contributed by atoms with van der Waals surface area (Å²) in [5.41, 5.74) is 0. The predicted molar refractivity (Wildman–Crippen MR) is 465 cm³/mol. The molecule has 0 aromatic rings. The first-order valence-corrected chi connectivity index (χ1v) is 49.3. The molecule has 1 rings (SSSR count). The maximum atomic E-state index is 13.9. The Morgan fingerprint density at radius 1 is 0.387 bits per heavy atom. The van der Waals surface area contributed by atoms with Crippen molar-refractivity contribution in [3.8, 4) is 0 Å². The molecule has 1 aliphatic heterocycles. The smallest absolute Gasteiger partial charge is 1.00 e. The molecular formula is C89H170N4Na2O22P2. The molecule has 8 N–H and O–H groups in total. The van der Waals surface area contributed by atoms with E-state index in [4.69, 9.17) is 46.5 Å². The van der Waals surface area contributed by atoms with Crippen molar-refractivity contribution in [1.82, 2.24) is 21.3 Å². The first-order chi connectivity index (χ1) is 56.4. The third-order valence-electron chi connectivity index (χ3n) is 20.6. The molecule has 0 spiro atoms. The number of phosphoric ester groups is 2. The molecule has 0 saturated carbocycles. The van der Waals surface area contributed by atoms with Gasteiger partial charge in [-0.1, -0.05) is 271 Å². The zero-order valence-electron chi connectivity index (χ0n) is 78.3. The van der Waals surface area contributed by atoms with Crippen LogP contribution < -0.4 is 80.4 Å². The van der Waals surface area contributed by atoms with E-state index in [9.17, 15) is 57.9 Å². The second kappa shape index (κ2) is 80.8. The summed E-state index contributed by atoms with van der Waals surface area (Å²) in [6, 6.07) is -1.97. The Balaban J connectivity index is -0.0000171. The Hall–Kier alpha value is -1.72. The van der Waals surface area contributed by atoms with Gasteiger partial charge in [-0.2, -0.15) is 0 Å². The molecule has 1 heterocycles. The molecule has 6 unspecified atom stereocenters. The molecule has 0 aromatic heterocycles. The molecule has 0 bridgehead atoms. The number of nitrogens with one attached hydrogen (secondary N) is 4. The fraction of sp³-hybridized carbons (Fsp3) is 0.888. The molecule has 30 heteroatoms. The summed E-state index contributed by atoms with van der Waals surface area (Å²) in [6.45, 7) is 13.0. The number of hydrogen-bond donors (Lipinski definition) is 8. The average molecular weight is 1760 g/mol. The summed E-state index contributed by atoms with van der Waals surface area (Å²) in [6.07, 6.45) is 50.1. The number of ether oxygens (including phenoxy) is 6. The minimum Gasteiger partial charge on any atom is -1.00 e. The maximum absolute atomic E-state index is 13.9. The molecule has 1 saturated heterocycles. The predicted octanol–water partition coefficient (Wildman–Crippen LogP) is 13.3. The number of hydrogen-bond acceptors (Lipinski definition) is 20. The van der Waals surface area contributed by atoms with Crippen LogP contribution in [0.4, 0.5) is 0 Å².